The van der Waals surface area contributed by atoms with Crippen LogP contribution in [0.1, 0.15) is 177 Å². The van der Waals surface area contributed by atoms with E-state index >= 15 is 0 Å². The second-order valence-corrected chi connectivity index (χ2v) is 27.6. The SMILES string of the molecule is NCCCC[C@H](N)CN(CC(=O)Nc1cc(NC(=O)CN(C[C@@H](N)CCCCN)C(=O)CC23CC4CC(CC(C4)C2)C3)cc(C(=O)NCCNC(=O)CC2C3CC4CC(C3)CC2C4)c1)C(=O)CC12CC3CC(CC(C3)C1)C2. The molecule has 12 N–H and O–H groups in total. The minimum atomic E-state index is -0.446. The van der Waals surface area contributed by atoms with E-state index < -0.39 is 17.7 Å². The Morgan fingerprint density at radius 3 is 1.30 bits per heavy atom. The first-order valence-corrected chi connectivity index (χ1v) is 30.8. The normalized spacial score (nSPS) is 33.4. The van der Waals surface area contributed by atoms with Crippen LogP contribution in [0.15, 0.2) is 18.2 Å². The van der Waals surface area contributed by atoms with Crippen molar-refractivity contribution in [2.24, 2.45) is 98.9 Å². The molecular weight excluding hydrogens is 969 g/mol. The summed E-state index contributed by atoms with van der Waals surface area (Å²) in [5.41, 5.74) is 25.6. The van der Waals surface area contributed by atoms with Crippen LogP contribution in [0.25, 0.3) is 0 Å². The van der Waals surface area contributed by atoms with Crippen LogP contribution in [0.2, 0.25) is 0 Å². The zero-order valence-electron chi connectivity index (χ0n) is 46.4. The Labute approximate surface area is 458 Å². The van der Waals surface area contributed by atoms with Crippen LogP contribution in [0.3, 0.4) is 0 Å². The first-order valence-electron chi connectivity index (χ1n) is 30.8. The van der Waals surface area contributed by atoms with Crippen molar-refractivity contribution in [2.45, 2.75) is 179 Å². The number of carbonyl (C=O) groups excluding carboxylic acids is 6. The highest BCUT2D eigenvalue weighted by Gasteiger charge is 2.54. The summed E-state index contributed by atoms with van der Waals surface area (Å²) in [6.07, 6.45) is 26.4. The summed E-state index contributed by atoms with van der Waals surface area (Å²) in [5, 5.41) is 12.0. The van der Waals surface area contributed by atoms with Gasteiger partial charge in [0.25, 0.3) is 5.91 Å². The maximum atomic E-state index is 14.5. The molecule has 12 aliphatic carbocycles. The molecule has 0 aromatic heterocycles. The summed E-state index contributed by atoms with van der Waals surface area (Å²) in [5.74, 6) is 6.08. The maximum absolute atomic E-state index is 14.5. The monoisotopic (exact) mass is 1060 g/mol. The van der Waals surface area contributed by atoms with Crippen LogP contribution in [0, 0.1) is 75.9 Å². The average Bonchev–Trinajstić information content (AvgIpc) is 3.35. The fourth-order valence-corrected chi connectivity index (χ4v) is 19.0. The number of hydrogen-bond acceptors (Lipinski definition) is 10. The molecule has 0 unspecified atom stereocenters. The zero-order chi connectivity index (χ0) is 53.8. The molecule has 0 aliphatic heterocycles. The first-order chi connectivity index (χ1) is 37.1. The third kappa shape index (κ3) is 14.3. The summed E-state index contributed by atoms with van der Waals surface area (Å²) in [7, 11) is 0. The van der Waals surface area contributed by atoms with Gasteiger partial charge in [0.1, 0.15) is 0 Å². The summed E-state index contributed by atoms with van der Waals surface area (Å²) in [6, 6.07) is 4.08. The Morgan fingerprint density at radius 1 is 0.506 bits per heavy atom. The van der Waals surface area contributed by atoms with Crippen LogP contribution >= 0.6 is 0 Å². The third-order valence-corrected chi connectivity index (χ3v) is 21.1. The van der Waals surface area contributed by atoms with Crippen molar-refractivity contribution in [2.75, 3.05) is 63.0 Å². The van der Waals surface area contributed by atoms with Crippen molar-refractivity contribution >= 4 is 46.8 Å². The van der Waals surface area contributed by atoms with Crippen molar-refractivity contribution in [3.63, 3.8) is 0 Å². The minimum absolute atomic E-state index is 0.0235. The van der Waals surface area contributed by atoms with E-state index in [4.69, 9.17) is 22.9 Å². The summed E-state index contributed by atoms with van der Waals surface area (Å²) < 4.78 is 0. The number of rotatable bonds is 28. The van der Waals surface area contributed by atoms with E-state index in [1.807, 2.05) is 0 Å². The van der Waals surface area contributed by atoms with Gasteiger partial charge in [0.15, 0.2) is 0 Å². The van der Waals surface area contributed by atoms with Gasteiger partial charge in [-0.25, -0.2) is 0 Å². The lowest BCUT2D eigenvalue weighted by molar-refractivity contribution is -0.142. The third-order valence-electron chi connectivity index (χ3n) is 21.1. The lowest BCUT2D eigenvalue weighted by atomic mass is 9.49. The molecule has 16 heteroatoms. The summed E-state index contributed by atoms with van der Waals surface area (Å²) in [6.45, 7) is 1.60. The smallest absolute Gasteiger partial charge is 0.251 e. The predicted octanol–water partition coefficient (Wildman–Crippen LogP) is 6.65. The molecule has 16 nitrogen and oxygen atoms in total. The van der Waals surface area contributed by atoms with Gasteiger partial charge in [-0.15, -0.1) is 0 Å². The van der Waals surface area contributed by atoms with Gasteiger partial charge < -0.3 is 54.0 Å². The highest BCUT2D eigenvalue weighted by Crippen LogP contribution is 2.63. The molecule has 12 aliphatic rings. The fraction of sp³-hybridized carbons (Fsp3) is 0.803. The molecule has 0 heterocycles. The number of hydrogen-bond donors (Lipinski definition) is 8. The zero-order valence-corrected chi connectivity index (χ0v) is 46.4. The van der Waals surface area contributed by atoms with Gasteiger partial charge >= 0.3 is 0 Å². The number of benzene rings is 1. The van der Waals surface area contributed by atoms with E-state index in [0.29, 0.717) is 98.5 Å². The standard InChI is InChI=1S/C61H96N10O6/c62-7-3-1-5-49(64)34-70(57(75)32-60-26-40-12-41(27-60)14-42(13-40)28-60)36-55(73)68-51-22-48(59(77)67-10-9-66-54(72)25-53-46-18-38-11-39(20-46)21-47(53)19-38)23-52(24-51)69-56(74)37-71(35-50(65)6-2-4-8-63)58(76)33-61-29-43-15-44(30-61)17-45(16-43)31-61/h22-24,38-47,49-50,53H,1-21,25-37,62-65H2,(H,66,72)(H,67,77)(H,68,73)(H,69,74)/t38?,39?,40?,41?,42?,43?,44?,45?,46?,47?,49-,50-,53?,60?,61?/m0/s1. The Bertz CT molecular complexity index is 2080. The number of nitrogens with zero attached hydrogens (tertiary/aromatic N) is 2. The van der Waals surface area contributed by atoms with Crippen LogP contribution in [-0.2, 0) is 24.0 Å². The number of carbonyl (C=O) groups is 6. The molecule has 12 fully saturated rings. The first kappa shape index (κ1) is 56.2. The quantitative estimate of drug-likeness (QED) is 0.0414. The van der Waals surface area contributed by atoms with E-state index in [9.17, 15) is 28.8 Å². The Kier molecular flexibility index (Phi) is 18.0. The minimum Gasteiger partial charge on any atom is -0.354 e. The number of unbranched alkanes of at least 4 members (excludes halogenated alkanes) is 2. The van der Waals surface area contributed by atoms with Crippen molar-refractivity contribution in [1.82, 2.24) is 20.4 Å². The molecule has 1 aromatic carbocycles. The van der Waals surface area contributed by atoms with Crippen molar-refractivity contribution in [1.29, 1.82) is 0 Å². The fourth-order valence-electron chi connectivity index (χ4n) is 19.0. The van der Waals surface area contributed by atoms with Gasteiger partial charge in [-0.05, 0) is 242 Å². The van der Waals surface area contributed by atoms with E-state index in [1.54, 1.807) is 28.0 Å². The van der Waals surface area contributed by atoms with Gasteiger partial charge in [-0.1, -0.05) is 12.8 Å². The van der Waals surface area contributed by atoms with Gasteiger partial charge in [-0.2, -0.15) is 0 Å². The Balaban J connectivity index is 0.823. The van der Waals surface area contributed by atoms with E-state index in [0.717, 1.165) is 76.0 Å². The highest BCUT2D eigenvalue weighted by atomic mass is 16.2. The predicted molar refractivity (Wildman–Crippen MR) is 300 cm³/mol. The average molecular weight is 1070 g/mol. The maximum Gasteiger partial charge on any atom is 0.251 e. The Morgan fingerprint density at radius 2 is 0.896 bits per heavy atom. The lowest BCUT2D eigenvalue weighted by Gasteiger charge is -2.57. The van der Waals surface area contributed by atoms with Crippen LogP contribution < -0.4 is 44.2 Å². The largest absolute Gasteiger partial charge is 0.354 e. The molecule has 77 heavy (non-hydrogen) atoms. The van der Waals surface area contributed by atoms with Crippen LogP contribution in [-0.4, -0.2) is 110 Å². The van der Waals surface area contributed by atoms with E-state index in [-0.39, 0.29) is 96.8 Å². The van der Waals surface area contributed by atoms with Crippen molar-refractivity contribution in [3.8, 4) is 0 Å². The number of nitrogens with one attached hydrogen (secondary N) is 4. The number of nitrogens with two attached hydrogens (primary N) is 4. The van der Waals surface area contributed by atoms with Crippen molar-refractivity contribution < 1.29 is 28.8 Å². The number of amides is 6. The molecule has 1 aromatic rings. The van der Waals surface area contributed by atoms with Crippen LogP contribution in [0.4, 0.5) is 11.4 Å². The highest BCUT2D eigenvalue weighted by molar-refractivity contribution is 6.02. The molecule has 12 saturated carbocycles. The summed E-state index contributed by atoms with van der Waals surface area (Å²) >= 11 is 0. The Hall–Kier alpha value is -4.12. The van der Waals surface area contributed by atoms with Crippen LogP contribution in [0.5, 0.6) is 0 Å². The molecule has 2 atom stereocenters. The second kappa shape index (κ2) is 24.7. The molecule has 426 valence electrons. The molecular formula is C61H96N10O6. The summed E-state index contributed by atoms with van der Waals surface area (Å²) in [4.78, 5) is 88.1. The molecule has 6 amide bonds. The molecule has 12 bridgehead atoms. The van der Waals surface area contributed by atoms with Gasteiger partial charge in [0.05, 0.1) is 13.1 Å². The van der Waals surface area contributed by atoms with Gasteiger partial charge in [0, 0.05) is 74.5 Å². The van der Waals surface area contributed by atoms with Crippen molar-refractivity contribution in [3.05, 3.63) is 23.8 Å². The molecule has 13 rings (SSSR count). The van der Waals surface area contributed by atoms with E-state index in [1.165, 1.54) is 70.6 Å². The van der Waals surface area contributed by atoms with Gasteiger partial charge in [-0.3, -0.25) is 28.8 Å². The second-order valence-electron chi connectivity index (χ2n) is 27.6. The topological polar surface area (TPSA) is 261 Å². The molecule has 0 saturated heterocycles. The lowest BCUT2D eigenvalue weighted by Crippen LogP contribution is -2.50. The number of anilines is 2. The van der Waals surface area contributed by atoms with E-state index in [2.05, 4.69) is 21.3 Å². The molecule has 0 spiro atoms. The molecule has 0 radical (unpaired) electrons. The van der Waals surface area contributed by atoms with Gasteiger partial charge in [0.2, 0.25) is 29.5 Å².